The van der Waals surface area contributed by atoms with Gasteiger partial charge in [0.2, 0.25) is 5.91 Å². The van der Waals surface area contributed by atoms with Gasteiger partial charge in [-0.25, -0.2) is 0 Å². The molecule has 5 nitrogen and oxygen atoms in total. The molecule has 0 atom stereocenters. The number of carbonyl (C=O) groups is 2. The van der Waals surface area contributed by atoms with Crippen molar-refractivity contribution in [3.63, 3.8) is 0 Å². The van der Waals surface area contributed by atoms with Gasteiger partial charge in [-0.05, 0) is 30.5 Å². The fourth-order valence-electron chi connectivity index (χ4n) is 3.27. The lowest BCUT2D eigenvalue weighted by molar-refractivity contribution is -0.141. The maximum atomic E-state index is 12.3. The van der Waals surface area contributed by atoms with Crippen LogP contribution >= 0.6 is 27.3 Å². The van der Waals surface area contributed by atoms with E-state index in [1.165, 1.54) is 44.1 Å². The number of amides is 1. The molecule has 25 heavy (non-hydrogen) atoms. The molecule has 1 fully saturated rings. The van der Waals surface area contributed by atoms with Gasteiger partial charge in [-0.15, -0.1) is 0 Å². The smallest absolute Gasteiger partial charge is 0.325 e. The summed E-state index contributed by atoms with van der Waals surface area (Å²) in [5, 5.41) is 0. The van der Waals surface area contributed by atoms with E-state index in [4.69, 9.17) is 4.74 Å². The third-order valence-corrected chi connectivity index (χ3v) is 6.16. The molecule has 1 amide bonds. The predicted molar refractivity (Wildman–Crippen MR) is 101 cm³/mol. The van der Waals surface area contributed by atoms with Gasteiger partial charge in [0, 0.05) is 10.9 Å². The van der Waals surface area contributed by atoms with Crippen LogP contribution in [0.15, 0.2) is 27.7 Å². The fraction of sp³-hybridized carbons (Fsp3) is 0.500. The number of esters is 1. The Balaban J connectivity index is 1.88. The number of halogens is 1. The van der Waals surface area contributed by atoms with Gasteiger partial charge in [0.05, 0.1) is 17.3 Å². The molecule has 0 saturated heterocycles. The third-order valence-electron chi connectivity index (χ3n) is 4.62. The van der Waals surface area contributed by atoms with Gasteiger partial charge >= 0.3 is 5.97 Å². The van der Waals surface area contributed by atoms with Crippen molar-refractivity contribution in [2.24, 2.45) is 10.9 Å². The summed E-state index contributed by atoms with van der Waals surface area (Å²) in [7, 11) is 1.36. The molecule has 0 spiro atoms. The Morgan fingerprint density at radius 1 is 1.36 bits per heavy atom. The summed E-state index contributed by atoms with van der Waals surface area (Å²) in [5.74, 6) is 0.193. The average Bonchev–Trinajstić information content (AvgIpc) is 3.21. The van der Waals surface area contributed by atoms with Gasteiger partial charge in [-0.2, -0.15) is 4.99 Å². The van der Waals surface area contributed by atoms with Crippen LogP contribution in [0.2, 0.25) is 0 Å². The lowest BCUT2D eigenvalue weighted by Crippen LogP contribution is -2.22. The highest BCUT2D eigenvalue weighted by Gasteiger charge is 2.17. The maximum Gasteiger partial charge on any atom is 0.325 e. The molecule has 0 radical (unpaired) electrons. The topological polar surface area (TPSA) is 60.7 Å². The molecule has 1 heterocycles. The largest absolute Gasteiger partial charge is 0.468 e. The molecule has 0 N–H and O–H groups in total. The Morgan fingerprint density at radius 2 is 2.12 bits per heavy atom. The van der Waals surface area contributed by atoms with Gasteiger partial charge < -0.3 is 9.30 Å². The number of aromatic nitrogens is 1. The Morgan fingerprint density at radius 3 is 2.84 bits per heavy atom. The summed E-state index contributed by atoms with van der Waals surface area (Å²) in [5.41, 5.74) is 0.876. The number of hydrogen-bond donors (Lipinski definition) is 0. The molecule has 1 aromatic heterocycles. The number of fused-ring (bicyclic) bond motifs is 1. The molecule has 0 bridgehead atoms. The van der Waals surface area contributed by atoms with E-state index in [2.05, 4.69) is 20.9 Å². The van der Waals surface area contributed by atoms with Crippen molar-refractivity contribution >= 4 is 49.4 Å². The molecule has 1 aromatic carbocycles. The number of carbonyl (C=O) groups excluding carboxylic acids is 2. The van der Waals surface area contributed by atoms with Crippen LogP contribution in [-0.4, -0.2) is 23.6 Å². The first kappa shape index (κ1) is 18.3. The lowest BCUT2D eigenvalue weighted by atomic mass is 10.0. The van der Waals surface area contributed by atoms with Crippen molar-refractivity contribution in [1.29, 1.82) is 0 Å². The van der Waals surface area contributed by atoms with E-state index in [0.717, 1.165) is 21.1 Å². The van der Waals surface area contributed by atoms with Gasteiger partial charge in [0.1, 0.15) is 6.54 Å². The van der Waals surface area contributed by atoms with Crippen LogP contribution in [0.3, 0.4) is 0 Å². The molecule has 2 aromatic rings. The van der Waals surface area contributed by atoms with E-state index in [1.807, 2.05) is 18.2 Å². The van der Waals surface area contributed by atoms with Crippen LogP contribution in [0.5, 0.6) is 0 Å². The van der Waals surface area contributed by atoms with E-state index >= 15 is 0 Å². The standard InChI is InChI=1S/C18H21BrN2O3S/c1-24-17(23)11-21-14-8-7-13(19)10-15(14)25-18(21)20-16(22)9-6-12-4-2-3-5-12/h7-8,10,12H,2-6,9,11H2,1H3. The monoisotopic (exact) mass is 424 g/mol. The Labute approximate surface area is 158 Å². The Hall–Kier alpha value is -1.47. The van der Waals surface area contributed by atoms with Crippen molar-refractivity contribution in [2.45, 2.75) is 45.1 Å². The fourth-order valence-corrected chi connectivity index (χ4v) is 4.87. The van der Waals surface area contributed by atoms with E-state index < -0.39 is 0 Å². The van der Waals surface area contributed by atoms with Crippen LogP contribution in [0.4, 0.5) is 0 Å². The SMILES string of the molecule is COC(=O)Cn1c(=NC(=O)CCC2CCCC2)sc2cc(Br)ccc21. The zero-order chi connectivity index (χ0) is 17.8. The molecular formula is C18H21BrN2O3S. The molecular weight excluding hydrogens is 404 g/mol. The van der Waals surface area contributed by atoms with Crippen molar-refractivity contribution in [3.05, 3.63) is 27.5 Å². The minimum absolute atomic E-state index is 0.0485. The van der Waals surface area contributed by atoms with Crippen LogP contribution in [0.25, 0.3) is 10.2 Å². The third kappa shape index (κ3) is 4.58. The number of nitrogens with zero attached hydrogens (tertiary/aromatic N) is 2. The van der Waals surface area contributed by atoms with Gasteiger partial charge in [-0.1, -0.05) is 53.0 Å². The Kier molecular flexibility index (Phi) is 6.06. The molecule has 1 saturated carbocycles. The molecule has 0 aliphatic heterocycles. The summed E-state index contributed by atoms with van der Waals surface area (Å²) in [6.07, 6.45) is 6.40. The second-order valence-electron chi connectivity index (χ2n) is 6.35. The minimum atomic E-state index is -0.359. The van der Waals surface area contributed by atoms with E-state index in [9.17, 15) is 9.59 Å². The van der Waals surface area contributed by atoms with E-state index in [0.29, 0.717) is 17.1 Å². The first-order chi connectivity index (χ1) is 12.1. The summed E-state index contributed by atoms with van der Waals surface area (Å²) in [4.78, 5) is 28.9. The molecule has 1 aliphatic carbocycles. The van der Waals surface area contributed by atoms with E-state index in [1.54, 1.807) is 4.57 Å². The highest BCUT2D eigenvalue weighted by molar-refractivity contribution is 9.10. The first-order valence-corrected chi connectivity index (χ1v) is 10.1. The van der Waals surface area contributed by atoms with Crippen LogP contribution in [0.1, 0.15) is 38.5 Å². The van der Waals surface area contributed by atoms with E-state index in [-0.39, 0.29) is 18.4 Å². The van der Waals surface area contributed by atoms with Crippen molar-refractivity contribution in [2.75, 3.05) is 7.11 Å². The second kappa shape index (κ2) is 8.27. The van der Waals surface area contributed by atoms with Crippen molar-refractivity contribution < 1.29 is 14.3 Å². The Bertz CT molecular complexity index is 850. The number of rotatable bonds is 5. The number of benzene rings is 1. The minimum Gasteiger partial charge on any atom is -0.468 e. The number of ether oxygens (including phenoxy) is 1. The second-order valence-corrected chi connectivity index (χ2v) is 8.28. The molecule has 1 aliphatic rings. The average molecular weight is 425 g/mol. The zero-order valence-electron chi connectivity index (χ0n) is 14.2. The summed E-state index contributed by atoms with van der Waals surface area (Å²) >= 11 is 4.87. The number of hydrogen-bond acceptors (Lipinski definition) is 4. The molecule has 3 rings (SSSR count). The lowest BCUT2D eigenvalue weighted by Gasteiger charge is -2.06. The summed E-state index contributed by atoms with van der Waals surface area (Å²) in [6, 6.07) is 5.80. The normalized spacial score (nSPS) is 15.8. The molecule has 7 heteroatoms. The zero-order valence-corrected chi connectivity index (χ0v) is 16.6. The van der Waals surface area contributed by atoms with Crippen LogP contribution < -0.4 is 4.80 Å². The summed E-state index contributed by atoms with van der Waals surface area (Å²) in [6.45, 7) is 0.0485. The van der Waals surface area contributed by atoms with Crippen molar-refractivity contribution in [1.82, 2.24) is 4.57 Å². The van der Waals surface area contributed by atoms with Gasteiger partial charge in [0.15, 0.2) is 4.80 Å². The van der Waals surface area contributed by atoms with Crippen molar-refractivity contribution in [3.8, 4) is 0 Å². The number of thiazole rings is 1. The highest BCUT2D eigenvalue weighted by Crippen LogP contribution is 2.28. The predicted octanol–water partition coefficient (Wildman–Crippen LogP) is 4.04. The van der Waals surface area contributed by atoms with Crippen LogP contribution in [-0.2, 0) is 20.9 Å². The van der Waals surface area contributed by atoms with Gasteiger partial charge in [0.25, 0.3) is 0 Å². The number of methoxy groups -OCH3 is 1. The highest BCUT2D eigenvalue weighted by atomic mass is 79.9. The quantitative estimate of drug-likeness (QED) is 0.680. The maximum absolute atomic E-state index is 12.3. The first-order valence-electron chi connectivity index (χ1n) is 8.50. The molecule has 134 valence electrons. The molecule has 0 unspecified atom stereocenters. The summed E-state index contributed by atoms with van der Waals surface area (Å²) < 4.78 is 8.46. The van der Waals surface area contributed by atoms with Gasteiger partial charge in [-0.3, -0.25) is 9.59 Å². The van der Waals surface area contributed by atoms with Crippen LogP contribution in [0, 0.1) is 5.92 Å².